The lowest BCUT2D eigenvalue weighted by atomic mass is 10.1. The molecular weight excluding hydrogens is 300 g/mol. The first-order valence-electron chi connectivity index (χ1n) is 6.63. The average molecular weight is 314 g/mol. The Bertz CT molecular complexity index is 796. The van der Waals surface area contributed by atoms with E-state index >= 15 is 0 Å². The zero-order valence-corrected chi connectivity index (χ0v) is 12.6. The number of aromatic amines is 1. The molecule has 0 saturated carbocycles. The Hall–Kier alpha value is -2.38. The molecular formula is C15H14N4O2S. The Morgan fingerprint density at radius 1 is 1.32 bits per heavy atom. The molecule has 0 bridgehead atoms. The lowest BCUT2D eigenvalue weighted by Crippen LogP contribution is -2.04. The number of hydrogen-bond acceptors (Lipinski definition) is 6. The second-order valence-electron chi connectivity index (χ2n) is 4.68. The van der Waals surface area contributed by atoms with Crippen LogP contribution in [0.1, 0.15) is 27.3 Å². The van der Waals surface area contributed by atoms with Gasteiger partial charge in [-0.25, -0.2) is 4.98 Å². The number of aldehydes is 1. The molecule has 0 saturated heterocycles. The zero-order valence-electron chi connectivity index (χ0n) is 11.8. The van der Waals surface area contributed by atoms with Gasteiger partial charge in [0.1, 0.15) is 11.1 Å². The maximum absolute atomic E-state index is 10.6. The quantitative estimate of drug-likeness (QED) is 0.427. The second kappa shape index (κ2) is 6.17. The number of carbonyl (C=O) groups is 1. The molecule has 3 N–H and O–H groups in total. The minimum Gasteiger partial charge on any atom is -0.456 e. The molecule has 1 unspecified atom stereocenters. The van der Waals surface area contributed by atoms with Crippen molar-refractivity contribution in [1.29, 1.82) is 0 Å². The van der Waals surface area contributed by atoms with Crippen molar-refractivity contribution in [3.8, 4) is 11.4 Å². The molecule has 0 amide bonds. The van der Waals surface area contributed by atoms with Crippen molar-refractivity contribution in [2.24, 2.45) is 5.73 Å². The van der Waals surface area contributed by atoms with E-state index in [0.29, 0.717) is 23.0 Å². The summed E-state index contributed by atoms with van der Waals surface area (Å²) in [5, 5.41) is 7.12. The number of H-pyrrole nitrogens is 1. The van der Waals surface area contributed by atoms with Crippen molar-refractivity contribution in [1.82, 2.24) is 15.2 Å². The molecule has 3 aromatic rings. The number of nitrogens with one attached hydrogen (secondary N) is 1. The summed E-state index contributed by atoms with van der Waals surface area (Å²) in [5.74, 6) is 1.46. The van der Waals surface area contributed by atoms with Crippen LogP contribution in [0.4, 0.5) is 0 Å². The van der Waals surface area contributed by atoms with Crippen LogP contribution < -0.4 is 5.73 Å². The van der Waals surface area contributed by atoms with E-state index in [0.717, 1.165) is 11.1 Å². The lowest BCUT2D eigenvalue weighted by Gasteiger charge is -2.04. The molecule has 0 fully saturated rings. The molecule has 0 aliphatic heterocycles. The van der Waals surface area contributed by atoms with Crippen LogP contribution in [-0.2, 0) is 0 Å². The highest BCUT2D eigenvalue weighted by atomic mass is 32.2. The molecule has 7 heteroatoms. The van der Waals surface area contributed by atoms with Gasteiger partial charge in [-0.2, -0.15) is 0 Å². The van der Waals surface area contributed by atoms with Crippen LogP contribution in [0.25, 0.3) is 11.4 Å². The first-order valence-corrected chi connectivity index (χ1v) is 7.51. The van der Waals surface area contributed by atoms with Gasteiger partial charge in [0.2, 0.25) is 5.16 Å². The number of benzene rings is 1. The van der Waals surface area contributed by atoms with Crippen LogP contribution in [0.3, 0.4) is 0 Å². The predicted octanol–water partition coefficient (Wildman–Crippen LogP) is 2.94. The van der Waals surface area contributed by atoms with Gasteiger partial charge >= 0.3 is 0 Å². The number of furan rings is 1. The van der Waals surface area contributed by atoms with Crippen LogP contribution in [0.15, 0.2) is 46.0 Å². The standard InChI is InChI=1S/C15H14N4O2S/c1-9-4-2-3-5-11(9)14-17-15(19-18-14)22-13(16)12-7-6-10(8-20)21-12/h2-8,13H,16H2,1H3,(H,17,18,19). The van der Waals surface area contributed by atoms with Crippen molar-refractivity contribution in [2.45, 2.75) is 17.5 Å². The van der Waals surface area contributed by atoms with Gasteiger partial charge in [0.15, 0.2) is 17.9 Å². The first-order chi connectivity index (χ1) is 10.7. The number of aryl methyl sites for hydroxylation is 1. The minimum absolute atomic E-state index is 0.252. The summed E-state index contributed by atoms with van der Waals surface area (Å²) in [6, 6.07) is 11.2. The Kier molecular flexibility index (Phi) is 4.08. The zero-order chi connectivity index (χ0) is 15.5. The maximum Gasteiger partial charge on any atom is 0.210 e. The van der Waals surface area contributed by atoms with Gasteiger partial charge in [-0.3, -0.25) is 9.89 Å². The molecule has 0 radical (unpaired) electrons. The van der Waals surface area contributed by atoms with Gasteiger partial charge in [0.05, 0.1) is 0 Å². The van der Waals surface area contributed by atoms with Crippen molar-refractivity contribution in [2.75, 3.05) is 0 Å². The molecule has 6 nitrogen and oxygen atoms in total. The molecule has 22 heavy (non-hydrogen) atoms. The number of nitrogens with two attached hydrogens (primary N) is 1. The van der Waals surface area contributed by atoms with Crippen molar-refractivity contribution >= 4 is 18.0 Å². The third-order valence-corrected chi connectivity index (χ3v) is 4.02. The third kappa shape index (κ3) is 2.95. The molecule has 3 rings (SSSR count). The lowest BCUT2D eigenvalue weighted by molar-refractivity contribution is 0.109. The molecule has 0 aliphatic carbocycles. The Balaban J connectivity index is 1.77. The summed E-state index contributed by atoms with van der Waals surface area (Å²) in [6.07, 6.45) is 0.643. The van der Waals surface area contributed by atoms with Crippen LogP contribution in [0.5, 0.6) is 0 Å². The molecule has 1 aromatic carbocycles. The Morgan fingerprint density at radius 3 is 2.86 bits per heavy atom. The number of hydrogen-bond donors (Lipinski definition) is 2. The van der Waals surface area contributed by atoms with Gasteiger partial charge < -0.3 is 10.2 Å². The molecule has 2 aromatic heterocycles. The molecule has 0 spiro atoms. The fourth-order valence-electron chi connectivity index (χ4n) is 2.01. The van der Waals surface area contributed by atoms with Crippen LogP contribution in [-0.4, -0.2) is 21.5 Å². The van der Waals surface area contributed by atoms with Gasteiger partial charge in [-0.05, 0) is 24.6 Å². The van der Waals surface area contributed by atoms with E-state index in [1.807, 2.05) is 31.2 Å². The van der Waals surface area contributed by atoms with E-state index in [1.54, 1.807) is 12.1 Å². The summed E-state index contributed by atoms with van der Waals surface area (Å²) < 4.78 is 5.30. The van der Waals surface area contributed by atoms with Gasteiger partial charge in [0.25, 0.3) is 0 Å². The summed E-state index contributed by atoms with van der Waals surface area (Å²) in [6.45, 7) is 2.01. The normalized spacial score (nSPS) is 12.3. The van der Waals surface area contributed by atoms with Crippen LogP contribution >= 0.6 is 11.8 Å². The van der Waals surface area contributed by atoms with E-state index in [1.165, 1.54) is 11.8 Å². The number of nitrogens with zero attached hydrogens (tertiary/aromatic N) is 2. The monoisotopic (exact) mass is 314 g/mol. The van der Waals surface area contributed by atoms with E-state index in [9.17, 15) is 4.79 Å². The fourth-order valence-corrected chi connectivity index (χ4v) is 2.73. The highest BCUT2D eigenvalue weighted by molar-refractivity contribution is 7.99. The van der Waals surface area contributed by atoms with E-state index < -0.39 is 5.37 Å². The highest BCUT2D eigenvalue weighted by Gasteiger charge is 2.16. The molecule has 0 aliphatic rings. The van der Waals surface area contributed by atoms with E-state index in [2.05, 4.69) is 15.2 Å². The summed E-state index contributed by atoms with van der Waals surface area (Å²) in [7, 11) is 0. The first kappa shape index (κ1) is 14.6. The van der Waals surface area contributed by atoms with Crippen molar-refractivity contribution in [3.05, 3.63) is 53.5 Å². The molecule has 1 atom stereocenters. The Morgan fingerprint density at radius 2 is 2.14 bits per heavy atom. The second-order valence-corrected chi connectivity index (χ2v) is 5.79. The number of rotatable bonds is 5. The SMILES string of the molecule is Cc1ccccc1-c1nc(SC(N)c2ccc(C=O)o2)n[nH]1. The number of carbonyl (C=O) groups excluding carboxylic acids is 1. The summed E-state index contributed by atoms with van der Waals surface area (Å²) >= 11 is 1.26. The van der Waals surface area contributed by atoms with Gasteiger partial charge in [-0.15, -0.1) is 5.10 Å². The molecule has 2 heterocycles. The summed E-state index contributed by atoms with van der Waals surface area (Å²) in [4.78, 5) is 15.1. The predicted molar refractivity (Wildman–Crippen MR) is 83.4 cm³/mol. The van der Waals surface area contributed by atoms with Crippen LogP contribution in [0.2, 0.25) is 0 Å². The summed E-state index contributed by atoms with van der Waals surface area (Å²) in [5.41, 5.74) is 8.14. The van der Waals surface area contributed by atoms with E-state index in [4.69, 9.17) is 10.2 Å². The highest BCUT2D eigenvalue weighted by Crippen LogP contribution is 2.31. The maximum atomic E-state index is 10.6. The van der Waals surface area contributed by atoms with E-state index in [-0.39, 0.29) is 5.76 Å². The minimum atomic E-state index is -0.478. The molecule has 112 valence electrons. The smallest absolute Gasteiger partial charge is 0.210 e. The average Bonchev–Trinajstić information content (AvgIpc) is 3.16. The Labute approximate surface area is 131 Å². The van der Waals surface area contributed by atoms with Crippen molar-refractivity contribution in [3.63, 3.8) is 0 Å². The third-order valence-electron chi connectivity index (χ3n) is 3.14. The number of aromatic nitrogens is 3. The van der Waals surface area contributed by atoms with Crippen LogP contribution in [0, 0.1) is 6.92 Å². The largest absolute Gasteiger partial charge is 0.456 e. The topological polar surface area (TPSA) is 97.8 Å². The van der Waals surface area contributed by atoms with Gasteiger partial charge in [-0.1, -0.05) is 36.0 Å². The van der Waals surface area contributed by atoms with Crippen molar-refractivity contribution < 1.29 is 9.21 Å². The van der Waals surface area contributed by atoms with Gasteiger partial charge in [0, 0.05) is 5.56 Å². The number of thioether (sulfide) groups is 1. The fraction of sp³-hybridized carbons (Fsp3) is 0.133.